The lowest BCUT2D eigenvalue weighted by molar-refractivity contribution is 0.0730. The van der Waals surface area contributed by atoms with Crippen molar-refractivity contribution in [2.45, 2.75) is 11.4 Å². The predicted molar refractivity (Wildman–Crippen MR) is 106 cm³/mol. The predicted octanol–water partition coefficient (Wildman–Crippen LogP) is 3.05. The van der Waals surface area contributed by atoms with E-state index in [4.69, 9.17) is 16.3 Å². The van der Waals surface area contributed by atoms with Crippen molar-refractivity contribution in [3.63, 3.8) is 0 Å². The second kappa shape index (κ2) is 8.70. The van der Waals surface area contributed by atoms with E-state index >= 15 is 0 Å². The van der Waals surface area contributed by atoms with Gasteiger partial charge in [-0.25, -0.2) is 8.42 Å². The van der Waals surface area contributed by atoms with Gasteiger partial charge in [-0.2, -0.15) is 4.31 Å². The summed E-state index contributed by atoms with van der Waals surface area (Å²) >= 11 is 9.22. The van der Waals surface area contributed by atoms with E-state index < -0.39 is 10.0 Å². The molecule has 2 aromatic carbocycles. The number of halogens is 2. The zero-order valence-electron chi connectivity index (χ0n) is 14.3. The summed E-state index contributed by atoms with van der Waals surface area (Å²) in [4.78, 5) is 12.6. The van der Waals surface area contributed by atoms with Gasteiger partial charge in [0.2, 0.25) is 10.0 Å². The number of morpholine rings is 1. The Kier molecular flexibility index (Phi) is 6.54. The molecule has 1 saturated heterocycles. The van der Waals surface area contributed by atoms with E-state index in [9.17, 15) is 13.2 Å². The van der Waals surface area contributed by atoms with Crippen molar-refractivity contribution in [1.29, 1.82) is 0 Å². The van der Waals surface area contributed by atoms with E-state index in [0.29, 0.717) is 42.3 Å². The van der Waals surface area contributed by atoms with Crippen molar-refractivity contribution in [3.05, 3.63) is 63.1 Å². The number of carbonyl (C=O) groups is 1. The van der Waals surface area contributed by atoms with Gasteiger partial charge in [0.05, 0.1) is 18.1 Å². The van der Waals surface area contributed by atoms with Crippen LogP contribution in [0.3, 0.4) is 0 Å². The first-order valence-electron chi connectivity index (χ1n) is 8.28. The van der Waals surface area contributed by atoms with Crippen molar-refractivity contribution in [1.82, 2.24) is 9.62 Å². The monoisotopic (exact) mass is 472 g/mol. The van der Waals surface area contributed by atoms with E-state index in [2.05, 4.69) is 21.2 Å². The number of carbonyl (C=O) groups excluding carboxylic acids is 1. The molecular formula is C18H18BrClN2O4S. The number of sulfonamides is 1. The molecule has 1 amide bonds. The number of benzene rings is 2. The molecule has 0 radical (unpaired) electrons. The normalized spacial score (nSPS) is 15.5. The lowest BCUT2D eigenvalue weighted by Gasteiger charge is -2.26. The third-order valence-corrected chi connectivity index (χ3v) is 7.25. The van der Waals surface area contributed by atoms with Crippen LogP contribution in [0.1, 0.15) is 15.9 Å². The van der Waals surface area contributed by atoms with Crippen molar-refractivity contribution in [2.24, 2.45) is 0 Å². The van der Waals surface area contributed by atoms with Gasteiger partial charge in [-0.15, -0.1) is 0 Å². The molecule has 0 unspecified atom stereocenters. The average molecular weight is 474 g/mol. The molecule has 0 spiro atoms. The van der Waals surface area contributed by atoms with Crippen molar-refractivity contribution in [2.75, 3.05) is 26.3 Å². The average Bonchev–Trinajstić information content (AvgIpc) is 2.67. The number of amides is 1. The quantitative estimate of drug-likeness (QED) is 0.724. The topological polar surface area (TPSA) is 75.7 Å². The SMILES string of the molecule is O=C(NCc1cccc(Cl)c1)c1ccc(Br)c(S(=O)(=O)N2CCOCC2)c1. The summed E-state index contributed by atoms with van der Waals surface area (Å²) in [6.45, 7) is 1.59. The highest BCUT2D eigenvalue weighted by Crippen LogP contribution is 2.27. The summed E-state index contributed by atoms with van der Waals surface area (Å²) in [6.07, 6.45) is 0. The number of rotatable bonds is 5. The van der Waals surface area contributed by atoms with Crippen molar-refractivity contribution < 1.29 is 17.9 Å². The van der Waals surface area contributed by atoms with Gasteiger partial charge >= 0.3 is 0 Å². The minimum atomic E-state index is -3.71. The zero-order chi connectivity index (χ0) is 19.4. The van der Waals surface area contributed by atoms with Crippen LogP contribution in [-0.4, -0.2) is 44.9 Å². The molecule has 2 aromatic rings. The third kappa shape index (κ3) is 4.89. The van der Waals surface area contributed by atoms with Crippen LogP contribution in [0.4, 0.5) is 0 Å². The lowest BCUT2D eigenvalue weighted by Crippen LogP contribution is -2.40. The second-order valence-electron chi connectivity index (χ2n) is 5.97. The van der Waals surface area contributed by atoms with Crippen LogP contribution in [0.5, 0.6) is 0 Å². The molecular weight excluding hydrogens is 456 g/mol. The van der Waals surface area contributed by atoms with Crippen LogP contribution in [-0.2, 0) is 21.3 Å². The fourth-order valence-electron chi connectivity index (χ4n) is 2.70. The van der Waals surface area contributed by atoms with E-state index in [1.807, 2.05) is 6.07 Å². The molecule has 1 heterocycles. The zero-order valence-corrected chi connectivity index (χ0v) is 17.5. The number of hydrogen-bond acceptors (Lipinski definition) is 4. The molecule has 0 bridgehead atoms. The lowest BCUT2D eigenvalue weighted by atomic mass is 10.2. The molecule has 6 nitrogen and oxygen atoms in total. The molecule has 0 aromatic heterocycles. The van der Waals surface area contributed by atoms with Gasteiger partial charge < -0.3 is 10.1 Å². The first-order chi connectivity index (χ1) is 12.9. The Labute approximate surface area is 171 Å². The summed E-state index contributed by atoms with van der Waals surface area (Å²) in [7, 11) is -3.71. The number of ether oxygens (including phenoxy) is 1. The third-order valence-electron chi connectivity index (χ3n) is 4.12. The summed E-state index contributed by atoms with van der Waals surface area (Å²) in [5.74, 6) is -0.360. The molecule has 27 heavy (non-hydrogen) atoms. The molecule has 3 rings (SSSR count). The van der Waals surface area contributed by atoms with Crippen LogP contribution in [0.2, 0.25) is 5.02 Å². The minimum Gasteiger partial charge on any atom is -0.379 e. The van der Waals surface area contributed by atoms with Crippen LogP contribution >= 0.6 is 27.5 Å². The Morgan fingerprint density at radius 2 is 1.93 bits per heavy atom. The largest absolute Gasteiger partial charge is 0.379 e. The number of nitrogens with one attached hydrogen (secondary N) is 1. The van der Waals surface area contributed by atoms with Crippen LogP contribution in [0, 0.1) is 0 Å². The standard InChI is InChI=1S/C18H18BrClN2O4S/c19-16-5-4-14(18(23)21-12-13-2-1-3-15(20)10-13)11-17(16)27(24,25)22-6-8-26-9-7-22/h1-5,10-11H,6-9,12H2,(H,21,23). The van der Waals surface area contributed by atoms with E-state index in [-0.39, 0.29) is 16.4 Å². The molecule has 9 heteroatoms. The van der Waals surface area contributed by atoms with E-state index in [1.165, 1.54) is 10.4 Å². The smallest absolute Gasteiger partial charge is 0.251 e. The second-order valence-corrected chi connectivity index (χ2v) is 9.17. The van der Waals surface area contributed by atoms with Crippen LogP contribution in [0.15, 0.2) is 51.8 Å². The molecule has 1 fully saturated rings. The maximum absolute atomic E-state index is 12.9. The minimum absolute atomic E-state index is 0.0693. The van der Waals surface area contributed by atoms with Gasteiger partial charge in [0.1, 0.15) is 0 Å². The highest BCUT2D eigenvalue weighted by Gasteiger charge is 2.28. The van der Waals surface area contributed by atoms with Gasteiger partial charge in [0.25, 0.3) is 5.91 Å². The number of hydrogen-bond donors (Lipinski definition) is 1. The van der Waals surface area contributed by atoms with Crippen molar-refractivity contribution in [3.8, 4) is 0 Å². The molecule has 144 valence electrons. The highest BCUT2D eigenvalue weighted by atomic mass is 79.9. The molecule has 0 saturated carbocycles. The Morgan fingerprint density at radius 3 is 2.63 bits per heavy atom. The van der Waals surface area contributed by atoms with E-state index in [1.54, 1.807) is 30.3 Å². The Morgan fingerprint density at radius 1 is 1.19 bits per heavy atom. The Balaban J connectivity index is 1.79. The Hall–Kier alpha value is -1.45. The van der Waals surface area contributed by atoms with Crippen molar-refractivity contribution >= 4 is 43.5 Å². The molecule has 1 N–H and O–H groups in total. The molecule has 1 aliphatic heterocycles. The van der Waals surface area contributed by atoms with Gasteiger partial charge in [0, 0.05) is 34.7 Å². The number of nitrogens with zero attached hydrogens (tertiary/aromatic N) is 1. The Bertz CT molecular complexity index is 946. The first kappa shape index (κ1) is 20.3. The first-order valence-corrected chi connectivity index (χ1v) is 10.9. The molecule has 0 aliphatic carbocycles. The highest BCUT2D eigenvalue weighted by molar-refractivity contribution is 9.10. The summed E-state index contributed by atoms with van der Waals surface area (Å²) in [6, 6.07) is 11.7. The van der Waals surface area contributed by atoms with Crippen LogP contribution < -0.4 is 5.32 Å². The van der Waals surface area contributed by atoms with Crippen LogP contribution in [0.25, 0.3) is 0 Å². The maximum Gasteiger partial charge on any atom is 0.251 e. The van der Waals surface area contributed by atoms with Gasteiger partial charge in [-0.3, -0.25) is 4.79 Å². The fourth-order valence-corrected chi connectivity index (χ4v) is 5.27. The van der Waals surface area contributed by atoms with Gasteiger partial charge in [-0.05, 0) is 51.8 Å². The molecule has 1 aliphatic rings. The molecule has 0 atom stereocenters. The van der Waals surface area contributed by atoms with E-state index in [0.717, 1.165) is 5.56 Å². The fraction of sp³-hybridized carbons (Fsp3) is 0.278. The van der Waals surface area contributed by atoms with Gasteiger partial charge in [-0.1, -0.05) is 23.7 Å². The summed E-state index contributed by atoms with van der Waals surface area (Å²) in [5, 5.41) is 3.37. The summed E-state index contributed by atoms with van der Waals surface area (Å²) < 4.78 is 32.8. The maximum atomic E-state index is 12.9. The van der Waals surface area contributed by atoms with Gasteiger partial charge in [0.15, 0.2) is 0 Å². The summed E-state index contributed by atoms with van der Waals surface area (Å²) in [5.41, 5.74) is 1.13.